The smallest absolute Gasteiger partial charge is 0.422 e. The summed E-state index contributed by atoms with van der Waals surface area (Å²) in [5.74, 6) is 0. The first-order valence-corrected chi connectivity index (χ1v) is 5.55. The Bertz CT molecular complexity index is 395. The largest absolute Gasteiger partial charge is 0.440 e. The van der Waals surface area contributed by atoms with E-state index in [1.165, 1.54) is 0 Å². The predicted octanol–water partition coefficient (Wildman–Crippen LogP) is 1.88. The summed E-state index contributed by atoms with van der Waals surface area (Å²) < 4.78 is 39.5. The summed E-state index contributed by atoms with van der Waals surface area (Å²) in [4.78, 5) is 11.1. The molecular formula is C12H14F3NO3. The standard InChI is InChI=1S/C12H14F3NO3/c13-12(14,15)8-19-11(18)16-10(7-17)6-9-4-2-1-3-5-9/h1-5,10,17H,6-8H2,(H,16,18). The molecule has 0 saturated heterocycles. The summed E-state index contributed by atoms with van der Waals surface area (Å²) in [6, 6.07) is 8.25. The van der Waals surface area contributed by atoms with Crippen LogP contribution in [0.4, 0.5) is 18.0 Å². The van der Waals surface area contributed by atoms with Crippen molar-refractivity contribution >= 4 is 6.09 Å². The first-order valence-electron chi connectivity index (χ1n) is 5.55. The second-order valence-electron chi connectivity index (χ2n) is 3.90. The average molecular weight is 277 g/mol. The fraction of sp³-hybridized carbons (Fsp3) is 0.417. The van der Waals surface area contributed by atoms with Crippen molar-refractivity contribution in [3.63, 3.8) is 0 Å². The van der Waals surface area contributed by atoms with Crippen LogP contribution in [0.2, 0.25) is 0 Å². The highest BCUT2D eigenvalue weighted by atomic mass is 19.4. The van der Waals surface area contributed by atoms with Gasteiger partial charge in [-0.05, 0) is 12.0 Å². The van der Waals surface area contributed by atoms with Gasteiger partial charge in [0.05, 0.1) is 12.6 Å². The number of rotatable bonds is 5. The molecule has 1 atom stereocenters. The fourth-order valence-corrected chi connectivity index (χ4v) is 1.42. The molecule has 1 amide bonds. The normalized spacial score (nSPS) is 12.8. The van der Waals surface area contributed by atoms with E-state index in [4.69, 9.17) is 5.11 Å². The molecule has 1 rings (SSSR count). The lowest BCUT2D eigenvalue weighted by atomic mass is 10.1. The van der Waals surface area contributed by atoms with Crippen molar-refractivity contribution in [1.82, 2.24) is 5.32 Å². The highest BCUT2D eigenvalue weighted by Gasteiger charge is 2.29. The van der Waals surface area contributed by atoms with E-state index in [2.05, 4.69) is 10.1 Å². The Hall–Kier alpha value is -1.76. The molecule has 0 aliphatic heterocycles. The van der Waals surface area contributed by atoms with Crippen LogP contribution in [0.3, 0.4) is 0 Å². The molecule has 0 radical (unpaired) electrons. The first-order chi connectivity index (χ1) is 8.90. The second kappa shape index (κ2) is 6.98. The minimum absolute atomic E-state index is 0.304. The van der Waals surface area contributed by atoms with Gasteiger partial charge in [-0.15, -0.1) is 0 Å². The lowest BCUT2D eigenvalue weighted by Crippen LogP contribution is -2.40. The van der Waals surface area contributed by atoms with Crippen LogP contribution in [0.15, 0.2) is 30.3 Å². The van der Waals surface area contributed by atoms with Crippen LogP contribution in [0.1, 0.15) is 5.56 Å². The van der Waals surface area contributed by atoms with E-state index in [-0.39, 0.29) is 0 Å². The van der Waals surface area contributed by atoms with Crippen molar-refractivity contribution in [2.75, 3.05) is 13.2 Å². The number of benzene rings is 1. The van der Waals surface area contributed by atoms with Crippen molar-refractivity contribution in [3.05, 3.63) is 35.9 Å². The van der Waals surface area contributed by atoms with E-state index in [0.717, 1.165) is 5.56 Å². The third kappa shape index (κ3) is 6.66. The van der Waals surface area contributed by atoms with Crippen LogP contribution in [0.5, 0.6) is 0 Å². The van der Waals surface area contributed by atoms with Crippen molar-refractivity contribution in [2.24, 2.45) is 0 Å². The summed E-state index contributed by atoms with van der Waals surface area (Å²) >= 11 is 0. The molecule has 1 aromatic rings. The third-order valence-electron chi connectivity index (χ3n) is 2.23. The highest BCUT2D eigenvalue weighted by Crippen LogP contribution is 2.14. The molecule has 0 heterocycles. The van der Waals surface area contributed by atoms with Gasteiger partial charge in [0.25, 0.3) is 0 Å². The maximum absolute atomic E-state index is 11.8. The lowest BCUT2D eigenvalue weighted by Gasteiger charge is -2.16. The predicted molar refractivity (Wildman–Crippen MR) is 61.6 cm³/mol. The quantitative estimate of drug-likeness (QED) is 0.864. The van der Waals surface area contributed by atoms with Gasteiger partial charge in [-0.3, -0.25) is 0 Å². The van der Waals surface area contributed by atoms with Gasteiger partial charge in [-0.25, -0.2) is 4.79 Å². The van der Waals surface area contributed by atoms with Gasteiger partial charge in [0, 0.05) is 0 Å². The Labute approximate surface area is 108 Å². The van der Waals surface area contributed by atoms with Crippen LogP contribution >= 0.6 is 0 Å². The highest BCUT2D eigenvalue weighted by molar-refractivity contribution is 5.67. The molecule has 0 aromatic heterocycles. The number of hydrogen-bond donors (Lipinski definition) is 2. The summed E-state index contributed by atoms with van der Waals surface area (Å²) in [6.07, 6.45) is -5.46. The maximum Gasteiger partial charge on any atom is 0.422 e. The zero-order chi connectivity index (χ0) is 14.3. The summed E-state index contributed by atoms with van der Waals surface area (Å²) in [5.41, 5.74) is 0.845. The lowest BCUT2D eigenvalue weighted by molar-refractivity contribution is -0.160. The molecule has 0 bridgehead atoms. The number of aliphatic hydroxyl groups excluding tert-OH is 1. The molecule has 2 N–H and O–H groups in total. The molecule has 4 nitrogen and oxygen atoms in total. The summed E-state index contributed by atoms with van der Waals surface area (Å²) in [7, 11) is 0. The number of carbonyl (C=O) groups excluding carboxylic acids is 1. The van der Waals surface area contributed by atoms with Crippen LogP contribution in [0.25, 0.3) is 0 Å². The van der Waals surface area contributed by atoms with Gasteiger partial charge in [0.15, 0.2) is 6.61 Å². The van der Waals surface area contributed by atoms with E-state index in [9.17, 15) is 18.0 Å². The van der Waals surface area contributed by atoms with Gasteiger partial charge in [-0.1, -0.05) is 30.3 Å². The monoisotopic (exact) mass is 277 g/mol. The number of alkyl halides is 3. The van der Waals surface area contributed by atoms with E-state index >= 15 is 0 Å². The van der Waals surface area contributed by atoms with Gasteiger partial charge < -0.3 is 15.2 Å². The molecule has 0 aliphatic rings. The average Bonchev–Trinajstić information content (AvgIpc) is 2.36. The number of nitrogens with one attached hydrogen (secondary N) is 1. The molecule has 0 spiro atoms. The molecular weight excluding hydrogens is 263 g/mol. The van der Waals surface area contributed by atoms with Gasteiger partial charge in [0.1, 0.15) is 0 Å². The van der Waals surface area contributed by atoms with Crippen molar-refractivity contribution in [1.29, 1.82) is 0 Å². The van der Waals surface area contributed by atoms with Crippen LogP contribution in [-0.2, 0) is 11.2 Å². The van der Waals surface area contributed by atoms with Gasteiger partial charge in [0.2, 0.25) is 0 Å². The Morgan fingerprint density at radius 3 is 2.47 bits per heavy atom. The number of carbonyl (C=O) groups is 1. The molecule has 1 aromatic carbocycles. The number of halogens is 3. The second-order valence-corrected chi connectivity index (χ2v) is 3.90. The maximum atomic E-state index is 11.8. The minimum atomic E-state index is -4.56. The van der Waals surface area contributed by atoms with Crippen molar-refractivity contribution < 1.29 is 27.8 Å². The first kappa shape index (κ1) is 15.3. The Kier molecular flexibility index (Phi) is 5.62. The number of aliphatic hydroxyl groups is 1. The van der Waals surface area contributed by atoms with Gasteiger partial charge in [-0.2, -0.15) is 13.2 Å². The number of alkyl carbamates (subject to hydrolysis) is 1. The van der Waals surface area contributed by atoms with E-state index in [0.29, 0.717) is 6.42 Å². The van der Waals surface area contributed by atoms with E-state index in [1.807, 2.05) is 6.07 Å². The molecule has 0 aliphatic carbocycles. The number of amides is 1. The van der Waals surface area contributed by atoms with E-state index < -0.39 is 31.5 Å². The van der Waals surface area contributed by atoms with Crippen LogP contribution in [0, 0.1) is 0 Å². The Balaban J connectivity index is 2.42. The third-order valence-corrected chi connectivity index (χ3v) is 2.23. The molecule has 7 heteroatoms. The number of hydrogen-bond acceptors (Lipinski definition) is 3. The topological polar surface area (TPSA) is 58.6 Å². The van der Waals surface area contributed by atoms with Crippen molar-refractivity contribution in [3.8, 4) is 0 Å². The Morgan fingerprint density at radius 1 is 1.32 bits per heavy atom. The van der Waals surface area contributed by atoms with E-state index in [1.54, 1.807) is 24.3 Å². The summed E-state index contributed by atoms with van der Waals surface area (Å²) in [5, 5.41) is 11.2. The fourth-order valence-electron chi connectivity index (χ4n) is 1.42. The molecule has 1 unspecified atom stereocenters. The summed E-state index contributed by atoms with van der Waals surface area (Å²) in [6.45, 7) is -2.04. The zero-order valence-corrected chi connectivity index (χ0v) is 9.98. The molecule has 0 fully saturated rings. The zero-order valence-electron chi connectivity index (χ0n) is 9.98. The molecule has 106 valence electrons. The van der Waals surface area contributed by atoms with Gasteiger partial charge >= 0.3 is 12.3 Å². The minimum Gasteiger partial charge on any atom is -0.440 e. The van der Waals surface area contributed by atoms with Crippen molar-refractivity contribution in [2.45, 2.75) is 18.6 Å². The van der Waals surface area contributed by atoms with Crippen LogP contribution in [-0.4, -0.2) is 36.6 Å². The number of ether oxygens (including phenoxy) is 1. The Morgan fingerprint density at radius 2 is 1.95 bits per heavy atom. The molecule has 0 saturated carbocycles. The van der Waals surface area contributed by atoms with Crippen LogP contribution < -0.4 is 5.32 Å². The molecule has 19 heavy (non-hydrogen) atoms. The SMILES string of the molecule is O=C(NC(CO)Cc1ccccc1)OCC(F)(F)F.